The highest BCUT2D eigenvalue weighted by molar-refractivity contribution is 4.93. The molecule has 2 nitrogen and oxygen atoms in total. The fourth-order valence-corrected chi connectivity index (χ4v) is 4.93. The fourth-order valence-electron chi connectivity index (χ4n) is 4.93. The van der Waals surface area contributed by atoms with Crippen LogP contribution in [0.1, 0.15) is 71.6 Å². The van der Waals surface area contributed by atoms with Crippen molar-refractivity contribution < 1.29 is 0 Å². The molecule has 6 unspecified atom stereocenters. The lowest BCUT2D eigenvalue weighted by Crippen LogP contribution is -2.51. The highest BCUT2D eigenvalue weighted by Gasteiger charge is 2.35. The molecule has 2 heteroatoms. The van der Waals surface area contributed by atoms with Crippen LogP contribution < -0.4 is 10.6 Å². The molecule has 1 heterocycles. The molecular weight excluding hydrogens is 244 g/mol. The molecule has 0 radical (unpaired) electrons. The largest absolute Gasteiger partial charge is 0.314 e. The first-order valence-electron chi connectivity index (χ1n) is 9.23. The van der Waals surface area contributed by atoms with E-state index >= 15 is 0 Å². The predicted octanol–water partition coefficient (Wildman–Crippen LogP) is 3.71. The Labute approximate surface area is 125 Å². The van der Waals surface area contributed by atoms with E-state index in [2.05, 4.69) is 24.5 Å². The second kappa shape index (κ2) is 6.79. The van der Waals surface area contributed by atoms with Crippen molar-refractivity contribution in [3.63, 3.8) is 0 Å². The van der Waals surface area contributed by atoms with E-state index < -0.39 is 0 Å². The zero-order valence-corrected chi connectivity index (χ0v) is 13.5. The zero-order valence-electron chi connectivity index (χ0n) is 13.5. The van der Waals surface area contributed by atoms with Crippen LogP contribution in [0.4, 0.5) is 0 Å². The van der Waals surface area contributed by atoms with E-state index in [9.17, 15) is 0 Å². The van der Waals surface area contributed by atoms with Crippen LogP contribution in [-0.2, 0) is 0 Å². The summed E-state index contributed by atoms with van der Waals surface area (Å²) in [5.74, 6) is 2.75. The minimum Gasteiger partial charge on any atom is -0.314 e. The Morgan fingerprint density at radius 1 is 0.850 bits per heavy atom. The van der Waals surface area contributed by atoms with Crippen LogP contribution in [0, 0.1) is 17.8 Å². The third-order valence-corrected chi connectivity index (χ3v) is 6.48. The van der Waals surface area contributed by atoms with Crippen LogP contribution in [-0.4, -0.2) is 24.7 Å². The Balaban J connectivity index is 1.56. The highest BCUT2D eigenvalue weighted by atomic mass is 15.0. The van der Waals surface area contributed by atoms with Gasteiger partial charge in [-0.1, -0.05) is 26.7 Å². The van der Waals surface area contributed by atoms with Crippen LogP contribution in [0.3, 0.4) is 0 Å². The molecule has 0 amide bonds. The summed E-state index contributed by atoms with van der Waals surface area (Å²) in [5.41, 5.74) is 0. The van der Waals surface area contributed by atoms with Gasteiger partial charge in [-0.3, -0.25) is 0 Å². The van der Waals surface area contributed by atoms with Crippen LogP contribution in [0.2, 0.25) is 0 Å². The van der Waals surface area contributed by atoms with E-state index in [1.165, 1.54) is 64.3 Å². The molecule has 20 heavy (non-hydrogen) atoms. The van der Waals surface area contributed by atoms with Gasteiger partial charge in [0.1, 0.15) is 0 Å². The quantitative estimate of drug-likeness (QED) is 0.822. The maximum absolute atomic E-state index is 4.10. The molecular formula is C18H34N2. The van der Waals surface area contributed by atoms with Gasteiger partial charge in [-0.15, -0.1) is 0 Å². The van der Waals surface area contributed by atoms with Crippen molar-refractivity contribution in [2.24, 2.45) is 17.8 Å². The average Bonchev–Trinajstić information content (AvgIpc) is 2.97. The van der Waals surface area contributed by atoms with Gasteiger partial charge in [0.15, 0.2) is 0 Å². The van der Waals surface area contributed by atoms with Gasteiger partial charge in [0, 0.05) is 18.1 Å². The Morgan fingerprint density at radius 3 is 2.45 bits per heavy atom. The minimum absolute atomic E-state index is 0.796. The molecule has 6 atom stereocenters. The van der Waals surface area contributed by atoms with Gasteiger partial charge in [-0.05, 0) is 69.2 Å². The number of nitrogens with one attached hydrogen (secondary N) is 2. The lowest BCUT2D eigenvalue weighted by molar-refractivity contribution is 0.160. The highest BCUT2D eigenvalue weighted by Crippen LogP contribution is 2.34. The normalized spacial score (nSPS) is 46.5. The summed E-state index contributed by atoms with van der Waals surface area (Å²) in [6, 6.07) is 2.41. The summed E-state index contributed by atoms with van der Waals surface area (Å²) in [7, 11) is 0. The summed E-state index contributed by atoms with van der Waals surface area (Å²) >= 11 is 0. The second-order valence-electron chi connectivity index (χ2n) is 7.89. The molecule has 3 rings (SSSR count). The van der Waals surface area contributed by atoms with Crippen molar-refractivity contribution in [2.45, 2.75) is 89.8 Å². The zero-order chi connectivity index (χ0) is 13.9. The van der Waals surface area contributed by atoms with E-state index in [1.807, 2.05) is 0 Å². The number of hydrogen-bond donors (Lipinski definition) is 2. The average molecular weight is 278 g/mol. The summed E-state index contributed by atoms with van der Waals surface area (Å²) in [5, 5.41) is 7.87. The van der Waals surface area contributed by atoms with Crippen molar-refractivity contribution in [2.75, 3.05) is 6.54 Å². The predicted molar refractivity (Wildman–Crippen MR) is 85.9 cm³/mol. The molecule has 2 N–H and O–H groups in total. The molecule has 116 valence electrons. The molecule has 0 bridgehead atoms. The molecule has 2 aliphatic carbocycles. The topological polar surface area (TPSA) is 24.1 Å². The van der Waals surface area contributed by atoms with Gasteiger partial charge in [0.2, 0.25) is 0 Å². The van der Waals surface area contributed by atoms with Crippen LogP contribution in [0.25, 0.3) is 0 Å². The monoisotopic (exact) mass is 278 g/mol. The minimum atomic E-state index is 0.796. The van der Waals surface area contributed by atoms with Crippen LogP contribution >= 0.6 is 0 Å². The first kappa shape index (κ1) is 14.8. The van der Waals surface area contributed by atoms with Gasteiger partial charge in [-0.25, -0.2) is 0 Å². The number of rotatable bonds is 3. The molecule has 0 aromatic carbocycles. The summed E-state index contributed by atoms with van der Waals surface area (Å²) < 4.78 is 0. The van der Waals surface area contributed by atoms with Crippen molar-refractivity contribution >= 4 is 0 Å². The molecule has 3 fully saturated rings. The molecule has 0 spiro atoms. The van der Waals surface area contributed by atoms with Crippen molar-refractivity contribution in [3.8, 4) is 0 Å². The van der Waals surface area contributed by atoms with Gasteiger partial charge in [-0.2, -0.15) is 0 Å². The lowest BCUT2D eigenvalue weighted by Gasteiger charge is -2.41. The molecule has 3 aliphatic rings. The second-order valence-corrected chi connectivity index (χ2v) is 7.89. The van der Waals surface area contributed by atoms with Gasteiger partial charge in [0.25, 0.3) is 0 Å². The van der Waals surface area contributed by atoms with Gasteiger partial charge >= 0.3 is 0 Å². The molecule has 1 aliphatic heterocycles. The van der Waals surface area contributed by atoms with Crippen LogP contribution in [0.5, 0.6) is 0 Å². The van der Waals surface area contributed by atoms with Crippen molar-refractivity contribution in [1.29, 1.82) is 0 Å². The fraction of sp³-hybridized carbons (Fsp3) is 1.00. The molecule has 0 aromatic rings. The smallest absolute Gasteiger partial charge is 0.0113 e. The standard InChI is InChI=1S/C18H34N2/c1-13-9-10-15(12-14(13)2)20-18-7-4-3-6-16(18)17-8-5-11-19-17/h13-20H,3-12H2,1-2H3. The Hall–Kier alpha value is -0.0800. The van der Waals surface area contributed by atoms with Crippen LogP contribution in [0.15, 0.2) is 0 Å². The summed E-state index contributed by atoms with van der Waals surface area (Å²) in [6.45, 7) is 6.15. The Bertz CT molecular complexity index is 298. The SMILES string of the molecule is CC1CCC(NC2CCCCC2C2CCCN2)CC1C. The Kier molecular flexibility index (Phi) is 5.04. The van der Waals surface area contributed by atoms with Gasteiger partial charge < -0.3 is 10.6 Å². The van der Waals surface area contributed by atoms with E-state index in [1.54, 1.807) is 0 Å². The third-order valence-electron chi connectivity index (χ3n) is 6.48. The first-order valence-corrected chi connectivity index (χ1v) is 9.23. The van der Waals surface area contributed by atoms with Gasteiger partial charge in [0.05, 0.1) is 0 Å². The molecule has 0 aromatic heterocycles. The van der Waals surface area contributed by atoms with E-state index in [0.717, 1.165) is 35.9 Å². The first-order chi connectivity index (χ1) is 9.74. The van der Waals surface area contributed by atoms with E-state index in [-0.39, 0.29) is 0 Å². The third kappa shape index (κ3) is 3.39. The lowest BCUT2D eigenvalue weighted by atomic mass is 9.76. The van der Waals surface area contributed by atoms with Crippen molar-refractivity contribution in [1.82, 2.24) is 10.6 Å². The summed E-state index contributed by atoms with van der Waals surface area (Å²) in [4.78, 5) is 0. The molecule has 1 saturated heterocycles. The van der Waals surface area contributed by atoms with Crippen molar-refractivity contribution in [3.05, 3.63) is 0 Å². The maximum atomic E-state index is 4.10. The number of hydrogen-bond acceptors (Lipinski definition) is 2. The maximum Gasteiger partial charge on any atom is 0.0113 e. The summed E-state index contributed by atoms with van der Waals surface area (Å²) in [6.07, 6.45) is 12.8. The molecule has 2 saturated carbocycles. The van der Waals surface area contributed by atoms with E-state index in [4.69, 9.17) is 0 Å². The Morgan fingerprint density at radius 2 is 1.70 bits per heavy atom. The van der Waals surface area contributed by atoms with E-state index in [0.29, 0.717) is 0 Å².